The van der Waals surface area contributed by atoms with Gasteiger partial charge in [-0.05, 0) is 59.9 Å². The third-order valence-corrected chi connectivity index (χ3v) is 9.88. The van der Waals surface area contributed by atoms with Crippen LogP contribution in [0.3, 0.4) is 0 Å². The topological polar surface area (TPSA) is 36.9 Å². The van der Waals surface area contributed by atoms with Crippen LogP contribution in [0.4, 0.5) is 0 Å². The molecule has 0 heterocycles. The minimum absolute atomic E-state index is 0.154. The van der Waals surface area contributed by atoms with Crippen molar-refractivity contribution in [3.63, 3.8) is 0 Å². The van der Waals surface area contributed by atoms with Crippen molar-refractivity contribution in [3.05, 3.63) is 47.0 Å². The Kier molecular flexibility index (Phi) is 7.06. The molecule has 0 fully saturated rings. The van der Waals surface area contributed by atoms with Crippen molar-refractivity contribution < 1.29 is 18.6 Å². The molecule has 2 aromatic carbocycles. The molecule has 0 bridgehead atoms. The van der Waals surface area contributed by atoms with E-state index in [2.05, 4.69) is 65.1 Å². The Morgan fingerprint density at radius 1 is 0.759 bits per heavy atom. The molecule has 0 atom stereocenters. The number of hydrogen-bond donors (Lipinski definition) is 0. The Morgan fingerprint density at radius 2 is 1.28 bits per heavy atom. The summed E-state index contributed by atoms with van der Waals surface area (Å²) in [6, 6.07) is 10.2. The molecule has 0 saturated carbocycles. The maximum Gasteiger partial charge on any atom is 0.250 e. The van der Waals surface area contributed by atoms with E-state index in [1.807, 2.05) is 18.2 Å². The predicted molar refractivity (Wildman–Crippen MR) is 124 cm³/mol. The zero-order chi connectivity index (χ0) is 21.8. The number of benzene rings is 2. The van der Waals surface area contributed by atoms with Crippen molar-refractivity contribution in [3.8, 4) is 23.0 Å². The van der Waals surface area contributed by atoms with Crippen LogP contribution in [0.5, 0.6) is 23.0 Å². The standard InChI is InChI=1S/C24H34O4Si/c1-17-10-11-18(14-20(17)28-29(8,9)24(2,3)4)12-13-19-15-21(25-5)23(27-7)22(16-19)26-6/h10-16H,1-9H3/b13-12-. The number of aryl methyl sites for hydroxylation is 1. The van der Waals surface area contributed by atoms with Crippen molar-refractivity contribution in [2.24, 2.45) is 0 Å². The van der Waals surface area contributed by atoms with E-state index in [-0.39, 0.29) is 5.04 Å². The fraction of sp³-hybridized carbons (Fsp3) is 0.417. The first-order valence-electron chi connectivity index (χ1n) is 9.80. The summed E-state index contributed by atoms with van der Waals surface area (Å²) in [5.74, 6) is 2.82. The van der Waals surface area contributed by atoms with Gasteiger partial charge in [0.05, 0.1) is 21.3 Å². The average Bonchev–Trinajstić information content (AvgIpc) is 2.66. The van der Waals surface area contributed by atoms with Gasteiger partial charge in [0.15, 0.2) is 11.5 Å². The lowest BCUT2D eigenvalue weighted by Crippen LogP contribution is -2.44. The molecule has 0 aliphatic carbocycles. The van der Waals surface area contributed by atoms with Crippen molar-refractivity contribution in [1.29, 1.82) is 0 Å². The van der Waals surface area contributed by atoms with Gasteiger partial charge in [0, 0.05) is 0 Å². The largest absolute Gasteiger partial charge is 0.543 e. The third-order valence-electron chi connectivity index (χ3n) is 5.54. The van der Waals surface area contributed by atoms with Gasteiger partial charge in [0.1, 0.15) is 5.75 Å². The third kappa shape index (κ3) is 5.35. The Balaban J connectivity index is 2.35. The molecular weight excluding hydrogens is 380 g/mol. The van der Waals surface area contributed by atoms with Gasteiger partial charge in [-0.15, -0.1) is 0 Å². The molecule has 0 saturated heterocycles. The van der Waals surface area contributed by atoms with E-state index in [9.17, 15) is 0 Å². The molecule has 0 unspecified atom stereocenters. The van der Waals surface area contributed by atoms with Gasteiger partial charge < -0.3 is 18.6 Å². The van der Waals surface area contributed by atoms with Gasteiger partial charge >= 0.3 is 0 Å². The van der Waals surface area contributed by atoms with E-state index < -0.39 is 8.32 Å². The Labute approximate surface area is 176 Å². The smallest absolute Gasteiger partial charge is 0.250 e. The highest BCUT2D eigenvalue weighted by Crippen LogP contribution is 2.40. The van der Waals surface area contributed by atoms with Crippen LogP contribution in [0, 0.1) is 6.92 Å². The van der Waals surface area contributed by atoms with Gasteiger partial charge in [0.25, 0.3) is 0 Å². The van der Waals surface area contributed by atoms with Crippen LogP contribution in [-0.2, 0) is 0 Å². The van der Waals surface area contributed by atoms with E-state index in [1.54, 1.807) is 21.3 Å². The first-order valence-corrected chi connectivity index (χ1v) is 12.7. The molecule has 0 aromatic heterocycles. The Bertz CT molecular complexity index is 854. The first-order chi connectivity index (χ1) is 13.5. The molecule has 0 aliphatic rings. The molecule has 0 amide bonds. The van der Waals surface area contributed by atoms with Gasteiger partial charge in [-0.1, -0.05) is 45.1 Å². The van der Waals surface area contributed by atoms with Crippen LogP contribution in [0.15, 0.2) is 30.3 Å². The normalized spacial score (nSPS) is 12.2. The highest BCUT2D eigenvalue weighted by molar-refractivity contribution is 6.74. The van der Waals surface area contributed by atoms with Crippen LogP contribution in [0.25, 0.3) is 12.2 Å². The van der Waals surface area contributed by atoms with E-state index >= 15 is 0 Å². The second kappa shape index (κ2) is 8.95. The second-order valence-corrected chi connectivity index (χ2v) is 13.4. The van der Waals surface area contributed by atoms with Crippen LogP contribution < -0.4 is 18.6 Å². The number of rotatable bonds is 7. The molecule has 158 valence electrons. The summed E-state index contributed by atoms with van der Waals surface area (Å²) in [7, 11) is 2.95. The number of methoxy groups -OCH3 is 3. The maximum absolute atomic E-state index is 6.54. The molecule has 0 spiro atoms. The van der Waals surface area contributed by atoms with Gasteiger partial charge in [-0.25, -0.2) is 0 Å². The lowest BCUT2D eigenvalue weighted by atomic mass is 10.1. The molecule has 29 heavy (non-hydrogen) atoms. The molecule has 0 radical (unpaired) electrons. The Hall–Kier alpha value is -2.40. The lowest BCUT2D eigenvalue weighted by molar-refractivity contribution is 0.324. The molecule has 0 aliphatic heterocycles. The van der Waals surface area contributed by atoms with Crippen LogP contribution >= 0.6 is 0 Å². The highest BCUT2D eigenvalue weighted by atomic mass is 28.4. The van der Waals surface area contributed by atoms with Crippen LogP contribution in [0.2, 0.25) is 18.1 Å². The van der Waals surface area contributed by atoms with Gasteiger partial charge in [0.2, 0.25) is 14.1 Å². The predicted octanol–water partition coefficient (Wildman–Crippen LogP) is 6.58. The average molecular weight is 415 g/mol. The summed E-state index contributed by atoms with van der Waals surface area (Å²) in [6.07, 6.45) is 4.10. The highest BCUT2D eigenvalue weighted by Gasteiger charge is 2.39. The fourth-order valence-corrected chi connectivity index (χ4v) is 3.72. The summed E-state index contributed by atoms with van der Waals surface area (Å²) in [5, 5.41) is 0.154. The molecule has 2 rings (SSSR count). The van der Waals surface area contributed by atoms with Crippen molar-refractivity contribution in [2.45, 2.75) is 45.8 Å². The minimum atomic E-state index is -1.89. The summed E-state index contributed by atoms with van der Waals surface area (Å²) < 4.78 is 22.8. The summed E-state index contributed by atoms with van der Waals surface area (Å²) in [6.45, 7) is 13.4. The second-order valence-electron chi connectivity index (χ2n) is 8.68. The minimum Gasteiger partial charge on any atom is -0.543 e. The Morgan fingerprint density at radius 3 is 1.76 bits per heavy atom. The lowest BCUT2D eigenvalue weighted by Gasteiger charge is -2.37. The van der Waals surface area contributed by atoms with Gasteiger partial charge in [-0.3, -0.25) is 0 Å². The van der Waals surface area contributed by atoms with Crippen molar-refractivity contribution >= 4 is 20.5 Å². The molecule has 2 aromatic rings. The van der Waals surface area contributed by atoms with E-state index in [1.165, 1.54) is 0 Å². The molecule has 0 N–H and O–H groups in total. The maximum atomic E-state index is 6.54. The van der Waals surface area contributed by atoms with Crippen LogP contribution in [0.1, 0.15) is 37.5 Å². The SMILES string of the molecule is COc1cc(/C=C\c2ccc(C)c(O[Si](C)(C)C(C)(C)C)c2)cc(OC)c1OC. The van der Waals surface area contributed by atoms with Crippen molar-refractivity contribution in [2.75, 3.05) is 21.3 Å². The zero-order valence-corrected chi connectivity index (χ0v) is 20.2. The molecule has 4 nitrogen and oxygen atoms in total. The molecular formula is C24H34O4Si. The monoisotopic (exact) mass is 414 g/mol. The van der Waals surface area contributed by atoms with Gasteiger partial charge in [-0.2, -0.15) is 0 Å². The molecule has 5 heteroatoms. The number of hydrogen-bond acceptors (Lipinski definition) is 4. The summed E-state index contributed by atoms with van der Waals surface area (Å²) in [4.78, 5) is 0. The summed E-state index contributed by atoms with van der Waals surface area (Å²) >= 11 is 0. The van der Waals surface area contributed by atoms with Crippen molar-refractivity contribution in [1.82, 2.24) is 0 Å². The van der Waals surface area contributed by atoms with E-state index in [0.717, 1.165) is 22.4 Å². The first kappa shape index (κ1) is 22.9. The van der Waals surface area contributed by atoms with Crippen LogP contribution in [-0.4, -0.2) is 29.6 Å². The van der Waals surface area contributed by atoms with E-state index in [0.29, 0.717) is 17.2 Å². The quantitative estimate of drug-likeness (QED) is 0.379. The fourth-order valence-electron chi connectivity index (χ4n) is 2.65. The zero-order valence-electron chi connectivity index (χ0n) is 19.2. The summed E-state index contributed by atoms with van der Waals surface area (Å²) in [5.41, 5.74) is 3.20. The number of ether oxygens (including phenoxy) is 3. The van der Waals surface area contributed by atoms with E-state index in [4.69, 9.17) is 18.6 Å².